The summed E-state index contributed by atoms with van der Waals surface area (Å²) < 4.78 is 12.1. The van der Waals surface area contributed by atoms with Crippen LogP contribution in [0.15, 0.2) is 76.7 Å². The van der Waals surface area contributed by atoms with Crippen LogP contribution in [0.25, 0.3) is 16.6 Å². The minimum atomic E-state index is -0.514. The number of amides is 1. The van der Waals surface area contributed by atoms with E-state index in [2.05, 4.69) is 10.3 Å². The highest BCUT2D eigenvalue weighted by atomic mass is 32.2. The van der Waals surface area contributed by atoms with E-state index in [0.717, 1.165) is 11.8 Å². The van der Waals surface area contributed by atoms with Gasteiger partial charge in [-0.05, 0) is 36.4 Å². The molecular weight excluding hydrogens is 472 g/mol. The third kappa shape index (κ3) is 5.09. The van der Waals surface area contributed by atoms with Gasteiger partial charge < -0.3 is 14.8 Å². The SMILES string of the molecule is COc1ccc(-n2c(SCC(=O)Nc3ccc([N+](=O)[O-])cc3)nc3ccccc3c2=O)cc1OC. The van der Waals surface area contributed by atoms with Crippen LogP contribution in [-0.2, 0) is 4.79 Å². The van der Waals surface area contributed by atoms with Crippen molar-refractivity contribution in [2.45, 2.75) is 5.16 Å². The number of carbonyl (C=O) groups excluding carboxylic acids is 1. The van der Waals surface area contributed by atoms with Gasteiger partial charge in [-0.2, -0.15) is 0 Å². The van der Waals surface area contributed by atoms with Gasteiger partial charge in [-0.1, -0.05) is 23.9 Å². The average Bonchev–Trinajstić information content (AvgIpc) is 2.87. The summed E-state index contributed by atoms with van der Waals surface area (Å²) in [4.78, 5) is 40.9. The van der Waals surface area contributed by atoms with Gasteiger partial charge in [0.15, 0.2) is 16.7 Å². The number of fused-ring (bicyclic) bond motifs is 1. The molecule has 3 aromatic carbocycles. The zero-order chi connectivity index (χ0) is 24.9. The number of ether oxygens (including phenoxy) is 2. The number of methoxy groups -OCH3 is 2. The number of hydrogen-bond donors (Lipinski definition) is 1. The van der Waals surface area contributed by atoms with Gasteiger partial charge in [0.25, 0.3) is 11.2 Å². The molecule has 0 aliphatic rings. The van der Waals surface area contributed by atoms with Crippen molar-refractivity contribution >= 4 is 39.9 Å². The largest absolute Gasteiger partial charge is 0.493 e. The molecule has 4 aromatic rings. The number of hydrogen-bond acceptors (Lipinski definition) is 8. The van der Waals surface area contributed by atoms with Gasteiger partial charge in [-0.25, -0.2) is 4.98 Å². The van der Waals surface area contributed by atoms with E-state index in [1.54, 1.807) is 42.5 Å². The molecule has 0 radical (unpaired) electrons. The second kappa shape index (κ2) is 10.3. The van der Waals surface area contributed by atoms with E-state index in [0.29, 0.717) is 38.9 Å². The summed E-state index contributed by atoms with van der Waals surface area (Å²) in [7, 11) is 3.02. The lowest BCUT2D eigenvalue weighted by atomic mass is 10.2. The van der Waals surface area contributed by atoms with Gasteiger partial charge in [-0.15, -0.1) is 0 Å². The Labute approximate surface area is 203 Å². The van der Waals surface area contributed by atoms with Crippen LogP contribution in [0.2, 0.25) is 0 Å². The number of para-hydroxylation sites is 1. The summed E-state index contributed by atoms with van der Waals surface area (Å²) in [6, 6.07) is 17.5. The molecule has 0 saturated carbocycles. The number of nitro benzene ring substituents is 1. The predicted octanol–water partition coefficient (Wildman–Crippen LogP) is 4.04. The maximum atomic E-state index is 13.4. The highest BCUT2D eigenvalue weighted by Crippen LogP contribution is 2.30. The Balaban J connectivity index is 1.66. The minimum Gasteiger partial charge on any atom is -0.493 e. The van der Waals surface area contributed by atoms with Crippen molar-refractivity contribution in [1.82, 2.24) is 9.55 Å². The van der Waals surface area contributed by atoms with Crippen molar-refractivity contribution in [2.75, 3.05) is 25.3 Å². The van der Waals surface area contributed by atoms with Crippen LogP contribution in [0.1, 0.15) is 0 Å². The van der Waals surface area contributed by atoms with Crippen LogP contribution in [0.5, 0.6) is 11.5 Å². The molecule has 0 atom stereocenters. The molecule has 0 spiro atoms. The van der Waals surface area contributed by atoms with Gasteiger partial charge >= 0.3 is 0 Å². The average molecular weight is 493 g/mol. The molecule has 0 fully saturated rings. The minimum absolute atomic E-state index is 0.0466. The highest BCUT2D eigenvalue weighted by molar-refractivity contribution is 7.99. The molecule has 0 unspecified atom stereocenters. The number of non-ortho nitro benzene ring substituents is 1. The number of thioether (sulfide) groups is 1. The van der Waals surface area contributed by atoms with Crippen molar-refractivity contribution in [3.8, 4) is 17.2 Å². The zero-order valence-corrected chi connectivity index (χ0v) is 19.6. The number of nitrogens with one attached hydrogen (secondary N) is 1. The van der Waals surface area contributed by atoms with E-state index >= 15 is 0 Å². The van der Waals surface area contributed by atoms with Crippen molar-refractivity contribution in [1.29, 1.82) is 0 Å². The lowest BCUT2D eigenvalue weighted by molar-refractivity contribution is -0.384. The topological polar surface area (TPSA) is 126 Å². The van der Waals surface area contributed by atoms with E-state index in [9.17, 15) is 19.7 Å². The Bertz CT molecular complexity index is 1470. The van der Waals surface area contributed by atoms with Crippen molar-refractivity contribution < 1.29 is 19.2 Å². The number of nitrogens with zero attached hydrogens (tertiary/aromatic N) is 3. The molecule has 11 heteroatoms. The quantitative estimate of drug-likeness (QED) is 0.169. The van der Waals surface area contributed by atoms with Gasteiger partial charge in [0, 0.05) is 23.9 Å². The van der Waals surface area contributed by atoms with Gasteiger partial charge in [0.2, 0.25) is 5.91 Å². The molecular formula is C24H20N4O6S. The summed E-state index contributed by atoms with van der Waals surface area (Å²) >= 11 is 1.09. The van der Waals surface area contributed by atoms with Crippen molar-refractivity contribution in [2.24, 2.45) is 0 Å². The maximum Gasteiger partial charge on any atom is 0.269 e. The second-order valence-electron chi connectivity index (χ2n) is 7.23. The van der Waals surface area contributed by atoms with Crippen LogP contribution in [0, 0.1) is 10.1 Å². The van der Waals surface area contributed by atoms with Crippen LogP contribution >= 0.6 is 11.8 Å². The molecule has 0 bridgehead atoms. The first-order chi connectivity index (χ1) is 16.9. The Morgan fingerprint density at radius 2 is 1.77 bits per heavy atom. The lowest BCUT2D eigenvalue weighted by Gasteiger charge is -2.15. The fourth-order valence-electron chi connectivity index (χ4n) is 3.39. The third-order valence-electron chi connectivity index (χ3n) is 5.06. The van der Waals surface area contributed by atoms with Crippen LogP contribution in [-0.4, -0.2) is 40.4 Å². The van der Waals surface area contributed by atoms with Crippen molar-refractivity contribution in [3.05, 3.63) is 87.2 Å². The lowest BCUT2D eigenvalue weighted by Crippen LogP contribution is -2.23. The first-order valence-corrected chi connectivity index (χ1v) is 11.3. The maximum absolute atomic E-state index is 13.4. The smallest absolute Gasteiger partial charge is 0.269 e. The third-order valence-corrected chi connectivity index (χ3v) is 6.00. The Hall–Kier alpha value is -4.38. The van der Waals surface area contributed by atoms with E-state index < -0.39 is 4.92 Å². The molecule has 10 nitrogen and oxygen atoms in total. The zero-order valence-electron chi connectivity index (χ0n) is 18.8. The molecule has 0 aliphatic heterocycles. The Morgan fingerprint density at radius 1 is 1.06 bits per heavy atom. The fourth-order valence-corrected chi connectivity index (χ4v) is 4.21. The van der Waals surface area contributed by atoms with Gasteiger partial charge in [0.1, 0.15) is 0 Å². The molecule has 1 heterocycles. The molecule has 178 valence electrons. The first-order valence-electron chi connectivity index (χ1n) is 10.3. The summed E-state index contributed by atoms with van der Waals surface area (Å²) in [5.41, 5.74) is 1.07. The predicted molar refractivity (Wildman–Crippen MR) is 133 cm³/mol. The van der Waals surface area contributed by atoms with Crippen LogP contribution in [0.4, 0.5) is 11.4 Å². The molecule has 0 saturated heterocycles. The second-order valence-corrected chi connectivity index (χ2v) is 8.17. The van der Waals surface area contributed by atoms with E-state index in [4.69, 9.17) is 9.47 Å². The summed E-state index contributed by atoms with van der Waals surface area (Å²) in [5.74, 6) is 0.548. The standard InChI is InChI=1S/C24H20N4O6S/c1-33-20-12-11-17(13-21(20)34-2)27-23(30)18-5-3-4-6-19(18)26-24(27)35-14-22(29)25-15-7-9-16(10-8-15)28(31)32/h3-13H,14H2,1-2H3,(H,25,29). The molecule has 35 heavy (non-hydrogen) atoms. The molecule has 1 aromatic heterocycles. The van der Waals surface area contributed by atoms with E-state index in [-0.39, 0.29) is 22.9 Å². The highest BCUT2D eigenvalue weighted by Gasteiger charge is 2.17. The number of anilines is 1. The van der Waals surface area contributed by atoms with Gasteiger partial charge in [0.05, 0.1) is 41.5 Å². The molecule has 1 N–H and O–H groups in total. The monoisotopic (exact) mass is 492 g/mol. The molecule has 0 aliphatic carbocycles. The summed E-state index contributed by atoms with van der Waals surface area (Å²) in [5, 5.41) is 14.2. The number of rotatable bonds is 8. The Morgan fingerprint density at radius 3 is 2.46 bits per heavy atom. The van der Waals surface area contributed by atoms with E-state index in [1.807, 2.05) is 0 Å². The van der Waals surface area contributed by atoms with Crippen LogP contribution < -0.4 is 20.3 Å². The van der Waals surface area contributed by atoms with Crippen LogP contribution in [0.3, 0.4) is 0 Å². The fraction of sp³-hybridized carbons (Fsp3) is 0.125. The number of benzene rings is 3. The van der Waals surface area contributed by atoms with E-state index in [1.165, 1.54) is 43.1 Å². The molecule has 1 amide bonds. The number of nitro groups is 1. The van der Waals surface area contributed by atoms with Gasteiger partial charge in [-0.3, -0.25) is 24.3 Å². The van der Waals surface area contributed by atoms with Crippen molar-refractivity contribution in [3.63, 3.8) is 0 Å². The first kappa shape index (κ1) is 23.8. The summed E-state index contributed by atoms with van der Waals surface area (Å²) in [6.45, 7) is 0. The number of aromatic nitrogens is 2. The Kier molecular flexibility index (Phi) is 6.97. The molecule has 4 rings (SSSR count). The summed E-state index contributed by atoms with van der Waals surface area (Å²) in [6.07, 6.45) is 0. The normalized spacial score (nSPS) is 10.7. The number of carbonyl (C=O) groups is 1.